The molecule has 1 saturated carbocycles. The molecule has 0 bridgehead atoms. The lowest BCUT2D eigenvalue weighted by atomic mass is 9.88. The maximum atomic E-state index is 13.7. The molecule has 0 atom stereocenters. The van der Waals surface area contributed by atoms with Crippen molar-refractivity contribution in [3.8, 4) is 0 Å². The molecule has 1 aliphatic carbocycles. The Bertz CT molecular complexity index is 523. The average Bonchev–Trinajstić information content (AvgIpc) is 2.71. The second-order valence-electron chi connectivity index (χ2n) is 6.34. The normalized spacial score (nSPS) is 18.0. The Balaban J connectivity index is 2.07. The van der Waals surface area contributed by atoms with Gasteiger partial charge in [0.05, 0.1) is 5.56 Å². The van der Waals surface area contributed by atoms with Gasteiger partial charge in [-0.1, -0.05) is 25.7 Å². The standard InChI is InChI=1S/C17H24F2N2O/c1-21(2)17(9-5-3-4-6-10-17)12-20-16(22)14-8-7-13(18)11-15(14)19/h7-8,11H,3-6,9-10,12H2,1-2H3,(H,20,22). The predicted octanol–water partition coefficient (Wildman–Crippen LogP) is 3.35. The van der Waals surface area contributed by atoms with Gasteiger partial charge in [-0.05, 0) is 39.1 Å². The summed E-state index contributed by atoms with van der Waals surface area (Å²) in [6.45, 7) is 0.482. The summed E-state index contributed by atoms with van der Waals surface area (Å²) >= 11 is 0. The molecule has 1 fully saturated rings. The molecular weight excluding hydrogens is 286 g/mol. The van der Waals surface area contributed by atoms with Crippen LogP contribution in [0.25, 0.3) is 0 Å². The van der Waals surface area contributed by atoms with Crippen LogP contribution in [0, 0.1) is 11.6 Å². The summed E-state index contributed by atoms with van der Waals surface area (Å²) in [6, 6.07) is 3.03. The SMILES string of the molecule is CN(C)C1(CNC(=O)c2ccc(F)cc2F)CCCCCC1. The highest BCUT2D eigenvalue weighted by Gasteiger charge is 2.33. The first-order valence-electron chi connectivity index (χ1n) is 7.85. The lowest BCUT2D eigenvalue weighted by Crippen LogP contribution is -2.52. The van der Waals surface area contributed by atoms with Crippen LogP contribution in [0.15, 0.2) is 18.2 Å². The zero-order valence-electron chi connectivity index (χ0n) is 13.3. The van der Waals surface area contributed by atoms with E-state index in [-0.39, 0.29) is 11.1 Å². The minimum absolute atomic E-state index is 0.0807. The third-order valence-electron chi connectivity index (χ3n) is 4.74. The van der Waals surface area contributed by atoms with Gasteiger partial charge in [0.2, 0.25) is 0 Å². The third-order valence-corrected chi connectivity index (χ3v) is 4.74. The van der Waals surface area contributed by atoms with Gasteiger partial charge in [-0.2, -0.15) is 0 Å². The zero-order chi connectivity index (χ0) is 16.2. The molecule has 0 radical (unpaired) electrons. The van der Waals surface area contributed by atoms with Crippen LogP contribution in [0.1, 0.15) is 48.9 Å². The van der Waals surface area contributed by atoms with E-state index < -0.39 is 17.5 Å². The molecule has 22 heavy (non-hydrogen) atoms. The molecule has 0 spiro atoms. The fourth-order valence-electron chi connectivity index (χ4n) is 3.18. The van der Waals surface area contributed by atoms with Crippen molar-refractivity contribution in [3.63, 3.8) is 0 Å². The Labute approximate surface area is 130 Å². The van der Waals surface area contributed by atoms with E-state index in [0.717, 1.165) is 37.8 Å². The number of hydrogen-bond donors (Lipinski definition) is 1. The molecule has 0 saturated heterocycles. The van der Waals surface area contributed by atoms with Crippen LogP contribution in [0.4, 0.5) is 8.78 Å². The van der Waals surface area contributed by atoms with Crippen molar-refractivity contribution in [2.75, 3.05) is 20.6 Å². The van der Waals surface area contributed by atoms with Crippen molar-refractivity contribution in [2.24, 2.45) is 0 Å². The Hall–Kier alpha value is -1.49. The van der Waals surface area contributed by atoms with Crippen molar-refractivity contribution in [1.29, 1.82) is 0 Å². The lowest BCUT2D eigenvalue weighted by molar-refractivity contribution is 0.0865. The first-order valence-corrected chi connectivity index (χ1v) is 7.85. The molecule has 0 unspecified atom stereocenters. The first-order chi connectivity index (χ1) is 10.4. The molecule has 1 amide bonds. The van der Waals surface area contributed by atoms with Gasteiger partial charge < -0.3 is 10.2 Å². The number of amides is 1. The molecule has 5 heteroatoms. The highest BCUT2D eigenvalue weighted by atomic mass is 19.1. The smallest absolute Gasteiger partial charge is 0.254 e. The summed E-state index contributed by atoms with van der Waals surface area (Å²) in [5.74, 6) is -1.98. The van der Waals surface area contributed by atoms with Gasteiger partial charge in [-0.15, -0.1) is 0 Å². The van der Waals surface area contributed by atoms with Gasteiger partial charge in [0.1, 0.15) is 11.6 Å². The number of carbonyl (C=O) groups is 1. The van der Waals surface area contributed by atoms with E-state index in [4.69, 9.17) is 0 Å². The summed E-state index contributed by atoms with van der Waals surface area (Å²) in [7, 11) is 4.05. The van der Waals surface area contributed by atoms with Gasteiger partial charge in [0.25, 0.3) is 5.91 Å². The molecule has 1 aliphatic rings. The Kier molecular flexibility index (Phi) is 5.51. The van der Waals surface area contributed by atoms with Gasteiger partial charge in [0, 0.05) is 18.2 Å². The van der Waals surface area contributed by atoms with Crippen LogP contribution < -0.4 is 5.32 Å². The molecule has 1 N–H and O–H groups in total. The van der Waals surface area contributed by atoms with Crippen LogP contribution in [-0.4, -0.2) is 37.0 Å². The van der Waals surface area contributed by atoms with E-state index in [2.05, 4.69) is 10.2 Å². The second kappa shape index (κ2) is 7.18. The van der Waals surface area contributed by atoms with E-state index in [0.29, 0.717) is 6.54 Å². The van der Waals surface area contributed by atoms with Crippen LogP contribution in [0.2, 0.25) is 0 Å². The highest BCUT2D eigenvalue weighted by Crippen LogP contribution is 2.30. The fourth-order valence-corrected chi connectivity index (χ4v) is 3.18. The average molecular weight is 310 g/mol. The van der Waals surface area contributed by atoms with Crippen molar-refractivity contribution in [1.82, 2.24) is 10.2 Å². The minimum atomic E-state index is -0.822. The number of nitrogens with one attached hydrogen (secondary N) is 1. The summed E-state index contributed by atoms with van der Waals surface area (Å²) in [5, 5.41) is 2.84. The molecule has 2 rings (SSSR count). The van der Waals surface area contributed by atoms with Gasteiger partial charge in [0.15, 0.2) is 0 Å². The number of hydrogen-bond acceptors (Lipinski definition) is 2. The minimum Gasteiger partial charge on any atom is -0.350 e. The maximum Gasteiger partial charge on any atom is 0.254 e. The van der Waals surface area contributed by atoms with Crippen LogP contribution in [0.3, 0.4) is 0 Å². The van der Waals surface area contributed by atoms with Crippen LogP contribution in [-0.2, 0) is 0 Å². The Morgan fingerprint density at radius 3 is 2.36 bits per heavy atom. The zero-order valence-corrected chi connectivity index (χ0v) is 13.3. The molecule has 0 aliphatic heterocycles. The topological polar surface area (TPSA) is 32.3 Å². The summed E-state index contributed by atoms with van der Waals surface area (Å²) in [5.41, 5.74) is -0.188. The van der Waals surface area contributed by atoms with E-state index in [1.165, 1.54) is 18.9 Å². The van der Waals surface area contributed by atoms with Gasteiger partial charge >= 0.3 is 0 Å². The second-order valence-corrected chi connectivity index (χ2v) is 6.34. The molecule has 1 aromatic carbocycles. The Morgan fingerprint density at radius 1 is 1.18 bits per heavy atom. The predicted molar refractivity (Wildman–Crippen MR) is 82.8 cm³/mol. The largest absolute Gasteiger partial charge is 0.350 e. The van der Waals surface area contributed by atoms with E-state index in [1.807, 2.05) is 14.1 Å². The Morgan fingerprint density at radius 2 is 1.82 bits per heavy atom. The van der Waals surface area contributed by atoms with E-state index in [1.54, 1.807) is 0 Å². The van der Waals surface area contributed by atoms with Crippen LogP contribution >= 0.6 is 0 Å². The number of benzene rings is 1. The number of likely N-dealkylation sites (N-methyl/N-ethyl adjacent to an activating group) is 1. The number of carbonyl (C=O) groups excluding carboxylic acids is 1. The van der Waals surface area contributed by atoms with Gasteiger partial charge in [-0.25, -0.2) is 8.78 Å². The third kappa shape index (κ3) is 3.83. The van der Waals surface area contributed by atoms with Crippen molar-refractivity contribution in [3.05, 3.63) is 35.4 Å². The fraction of sp³-hybridized carbons (Fsp3) is 0.588. The van der Waals surface area contributed by atoms with Crippen molar-refractivity contribution < 1.29 is 13.6 Å². The summed E-state index contributed by atoms with van der Waals surface area (Å²) in [4.78, 5) is 14.3. The van der Waals surface area contributed by atoms with Crippen LogP contribution in [0.5, 0.6) is 0 Å². The highest BCUT2D eigenvalue weighted by molar-refractivity contribution is 5.94. The molecular formula is C17H24F2N2O. The molecule has 1 aromatic rings. The van der Waals surface area contributed by atoms with Gasteiger partial charge in [-0.3, -0.25) is 4.79 Å². The molecule has 0 heterocycles. The summed E-state index contributed by atoms with van der Waals surface area (Å²) in [6.07, 6.45) is 6.75. The van der Waals surface area contributed by atoms with Crippen molar-refractivity contribution in [2.45, 2.75) is 44.1 Å². The quantitative estimate of drug-likeness (QED) is 0.865. The van der Waals surface area contributed by atoms with E-state index >= 15 is 0 Å². The first kappa shape index (κ1) is 16.9. The molecule has 122 valence electrons. The molecule has 3 nitrogen and oxygen atoms in total. The number of rotatable bonds is 4. The summed E-state index contributed by atoms with van der Waals surface area (Å²) < 4.78 is 26.6. The number of halogens is 2. The van der Waals surface area contributed by atoms with Crippen molar-refractivity contribution >= 4 is 5.91 Å². The van der Waals surface area contributed by atoms with E-state index in [9.17, 15) is 13.6 Å². The molecule has 0 aromatic heterocycles. The maximum absolute atomic E-state index is 13.7. The monoisotopic (exact) mass is 310 g/mol. The lowest BCUT2D eigenvalue weighted by Gasteiger charge is -2.39. The number of nitrogens with zero attached hydrogens (tertiary/aromatic N) is 1.